The van der Waals surface area contributed by atoms with Crippen LogP contribution in [0.25, 0.3) is 0 Å². The molecule has 1 aromatic heterocycles. The molecular formula is C7H9BrN2O3S. The maximum Gasteiger partial charge on any atom is 0.245 e. The summed E-state index contributed by atoms with van der Waals surface area (Å²) in [5, 5.41) is 2.92. The predicted octanol–water partition coefficient (Wildman–Crippen LogP) is 1.47. The molecule has 1 aromatic rings. The van der Waals surface area contributed by atoms with Gasteiger partial charge in [-0.3, -0.25) is 0 Å². The Balaban J connectivity index is 2.33. The molecule has 0 bridgehead atoms. The van der Waals surface area contributed by atoms with Crippen LogP contribution in [0.4, 0.5) is 0 Å². The molecular weight excluding hydrogens is 272 g/mol. The molecule has 0 spiro atoms. The van der Waals surface area contributed by atoms with Crippen LogP contribution in [0.2, 0.25) is 0 Å². The molecule has 0 radical (unpaired) electrons. The van der Waals surface area contributed by atoms with Crippen LogP contribution in [0.1, 0.15) is 30.4 Å². The summed E-state index contributed by atoms with van der Waals surface area (Å²) in [6.45, 7) is 0. The Bertz CT molecular complexity index is 428. The van der Waals surface area contributed by atoms with Gasteiger partial charge in [-0.1, -0.05) is 6.42 Å². The highest BCUT2D eigenvalue weighted by atomic mass is 79.9. The van der Waals surface area contributed by atoms with Crippen molar-refractivity contribution in [2.45, 2.75) is 24.5 Å². The molecule has 1 saturated heterocycles. The molecule has 2 rings (SSSR count). The molecule has 1 atom stereocenters. The lowest BCUT2D eigenvalue weighted by molar-refractivity contribution is 0.360. The topological polar surface area (TPSA) is 73.1 Å². The van der Waals surface area contributed by atoms with Crippen molar-refractivity contribution >= 4 is 25.8 Å². The molecule has 0 amide bonds. The lowest BCUT2D eigenvalue weighted by atomic mass is 10.2. The Morgan fingerprint density at radius 3 is 2.79 bits per heavy atom. The molecule has 2 heterocycles. The van der Waals surface area contributed by atoms with Gasteiger partial charge < -0.3 is 4.52 Å². The minimum Gasteiger partial charge on any atom is -0.337 e. The van der Waals surface area contributed by atoms with Crippen LogP contribution in [0.3, 0.4) is 0 Å². The Morgan fingerprint density at radius 1 is 1.43 bits per heavy atom. The zero-order chi connectivity index (χ0) is 10.2. The monoisotopic (exact) mass is 280 g/mol. The summed E-state index contributed by atoms with van der Waals surface area (Å²) in [5.41, 5.74) is 0. The van der Waals surface area contributed by atoms with Crippen LogP contribution in [-0.4, -0.2) is 24.3 Å². The first-order valence-electron chi connectivity index (χ1n) is 4.30. The third-order valence-corrected chi connectivity index (χ3v) is 4.76. The second-order valence-corrected chi connectivity index (χ2v) is 6.27. The van der Waals surface area contributed by atoms with Gasteiger partial charge in [-0.25, -0.2) is 8.42 Å². The predicted molar refractivity (Wildman–Crippen MR) is 52.4 cm³/mol. The molecule has 0 aromatic carbocycles. The van der Waals surface area contributed by atoms with Crippen molar-refractivity contribution in [3.63, 3.8) is 0 Å². The van der Waals surface area contributed by atoms with E-state index in [1.54, 1.807) is 0 Å². The average Bonchev–Trinajstić information content (AvgIpc) is 2.51. The lowest BCUT2D eigenvalue weighted by Crippen LogP contribution is -2.21. The molecule has 78 valence electrons. The highest BCUT2D eigenvalue weighted by Crippen LogP contribution is 2.32. The van der Waals surface area contributed by atoms with E-state index < -0.39 is 15.1 Å². The van der Waals surface area contributed by atoms with Crippen LogP contribution in [0.5, 0.6) is 0 Å². The highest BCUT2D eigenvalue weighted by molar-refractivity contribution is 9.10. The summed E-state index contributed by atoms with van der Waals surface area (Å²) in [6, 6.07) is 0. The Hall–Kier alpha value is -0.430. The van der Waals surface area contributed by atoms with E-state index in [2.05, 4.69) is 26.1 Å². The number of halogens is 1. The van der Waals surface area contributed by atoms with Gasteiger partial charge in [0.2, 0.25) is 10.6 Å². The third-order valence-electron chi connectivity index (χ3n) is 2.27. The standard InChI is InChI=1S/C7H9BrN2O3S/c8-7-9-6(13-10-7)5-3-1-2-4-14(5,11)12/h5H,1-4H2. The van der Waals surface area contributed by atoms with Crippen LogP contribution in [0.15, 0.2) is 9.26 Å². The average molecular weight is 281 g/mol. The number of rotatable bonds is 1. The van der Waals surface area contributed by atoms with E-state index in [0.29, 0.717) is 11.2 Å². The van der Waals surface area contributed by atoms with Crippen molar-refractivity contribution in [1.29, 1.82) is 0 Å². The number of hydrogen-bond acceptors (Lipinski definition) is 5. The van der Waals surface area contributed by atoms with Gasteiger partial charge in [0.25, 0.3) is 0 Å². The number of aromatic nitrogens is 2. The summed E-state index contributed by atoms with van der Waals surface area (Å²) < 4.78 is 28.4. The lowest BCUT2D eigenvalue weighted by Gasteiger charge is -2.18. The summed E-state index contributed by atoms with van der Waals surface area (Å²) in [5.74, 6) is 0.425. The van der Waals surface area contributed by atoms with Gasteiger partial charge in [0.15, 0.2) is 9.84 Å². The quantitative estimate of drug-likeness (QED) is 0.779. The molecule has 1 aliphatic heterocycles. The first-order valence-corrected chi connectivity index (χ1v) is 6.81. The second-order valence-electron chi connectivity index (χ2n) is 3.25. The molecule has 14 heavy (non-hydrogen) atoms. The van der Waals surface area contributed by atoms with Gasteiger partial charge in [0, 0.05) is 0 Å². The molecule has 0 aliphatic carbocycles. The van der Waals surface area contributed by atoms with E-state index in [0.717, 1.165) is 12.8 Å². The Morgan fingerprint density at radius 2 is 2.21 bits per heavy atom. The molecule has 0 N–H and O–H groups in total. The molecule has 1 unspecified atom stereocenters. The van der Waals surface area contributed by atoms with E-state index in [-0.39, 0.29) is 11.6 Å². The Kier molecular flexibility index (Phi) is 2.61. The van der Waals surface area contributed by atoms with Crippen molar-refractivity contribution in [3.05, 3.63) is 10.6 Å². The molecule has 1 fully saturated rings. The fraction of sp³-hybridized carbons (Fsp3) is 0.714. The molecule has 1 aliphatic rings. The fourth-order valence-corrected chi connectivity index (χ4v) is 3.65. The summed E-state index contributed by atoms with van der Waals surface area (Å²) in [7, 11) is -3.08. The van der Waals surface area contributed by atoms with Crippen molar-refractivity contribution in [2.24, 2.45) is 0 Å². The largest absolute Gasteiger partial charge is 0.337 e. The maximum absolute atomic E-state index is 11.6. The van der Waals surface area contributed by atoms with Gasteiger partial charge in [-0.15, -0.1) is 0 Å². The first kappa shape index (κ1) is 10.1. The minimum absolute atomic E-state index is 0.205. The first-order chi connectivity index (χ1) is 6.59. The highest BCUT2D eigenvalue weighted by Gasteiger charge is 2.34. The van der Waals surface area contributed by atoms with E-state index in [1.807, 2.05) is 0 Å². The summed E-state index contributed by atoms with van der Waals surface area (Å²) >= 11 is 3.03. The van der Waals surface area contributed by atoms with E-state index in [1.165, 1.54) is 0 Å². The van der Waals surface area contributed by atoms with Gasteiger partial charge in [0.05, 0.1) is 5.75 Å². The number of nitrogens with zero attached hydrogens (tertiary/aromatic N) is 2. The van der Waals surface area contributed by atoms with E-state index >= 15 is 0 Å². The van der Waals surface area contributed by atoms with Gasteiger partial charge in [0.1, 0.15) is 5.25 Å². The van der Waals surface area contributed by atoms with Crippen molar-refractivity contribution in [2.75, 3.05) is 5.75 Å². The van der Waals surface area contributed by atoms with E-state index in [4.69, 9.17) is 4.52 Å². The smallest absolute Gasteiger partial charge is 0.245 e. The fourth-order valence-electron chi connectivity index (χ4n) is 1.58. The van der Waals surface area contributed by atoms with Gasteiger partial charge >= 0.3 is 0 Å². The van der Waals surface area contributed by atoms with E-state index in [9.17, 15) is 8.42 Å². The van der Waals surface area contributed by atoms with Crippen LogP contribution >= 0.6 is 15.9 Å². The summed E-state index contributed by atoms with van der Waals surface area (Å²) in [6.07, 6.45) is 2.20. The number of hydrogen-bond donors (Lipinski definition) is 0. The second kappa shape index (κ2) is 3.62. The summed E-state index contributed by atoms with van der Waals surface area (Å²) in [4.78, 5) is 3.89. The maximum atomic E-state index is 11.6. The third kappa shape index (κ3) is 1.83. The molecule has 0 saturated carbocycles. The Labute approximate surface area is 89.9 Å². The van der Waals surface area contributed by atoms with Gasteiger partial charge in [-0.05, 0) is 33.9 Å². The zero-order valence-corrected chi connectivity index (χ0v) is 9.71. The zero-order valence-electron chi connectivity index (χ0n) is 7.31. The van der Waals surface area contributed by atoms with Gasteiger partial charge in [-0.2, -0.15) is 4.98 Å². The van der Waals surface area contributed by atoms with Crippen LogP contribution in [-0.2, 0) is 9.84 Å². The molecule has 5 nitrogen and oxygen atoms in total. The van der Waals surface area contributed by atoms with Crippen LogP contribution < -0.4 is 0 Å². The van der Waals surface area contributed by atoms with Crippen molar-refractivity contribution in [1.82, 2.24) is 10.1 Å². The SMILES string of the molecule is O=S1(=O)CCCCC1c1nc(Br)no1. The minimum atomic E-state index is -3.08. The van der Waals surface area contributed by atoms with Crippen LogP contribution in [0, 0.1) is 0 Å². The molecule has 7 heteroatoms. The van der Waals surface area contributed by atoms with Crippen molar-refractivity contribution < 1.29 is 12.9 Å². The number of sulfone groups is 1. The normalized spacial score (nSPS) is 26.2. The van der Waals surface area contributed by atoms with Crippen molar-refractivity contribution in [3.8, 4) is 0 Å².